The molecule has 0 saturated carbocycles. The molecule has 0 radical (unpaired) electrons. The van der Waals surface area contributed by atoms with Crippen molar-refractivity contribution in [2.45, 2.75) is 52.0 Å². The normalized spacial score (nSPS) is 11.4. The van der Waals surface area contributed by atoms with Gasteiger partial charge < -0.3 is 5.32 Å². The van der Waals surface area contributed by atoms with Crippen LogP contribution in [0.2, 0.25) is 0 Å². The summed E-state index contributed by atoms with van der Waals surface area (Å²) in [5.41, 5.74) is 3.04. The van der Waals surface area contributed by atoms with E-state index in [2.05, 4.69) is 10.0 Å². The monoisotopic (exact) mass is 416 g/mol. The molecule has 0 heterocycles. The molecule has 0 spiro atoms. The molecular weight excluding hydrogens is 388 g/mol. The number of Topliss-reactive ketones (excluding diaryl/α,β-unsaturated/α-hetero) is 1. The summed E-state index contributed by atoms with van der Waals surface area (Å²) in [5, 5.41) is 2.78. The number of hydrogen-bond acceptors (Lipinski definition) is 4. The third-order valence-corrected chi connectivity index (χ3v) is 5.83. The van der Waals surface area contributed by atoms with Gasteiger partial charge in [0.05, 0.1) is 5.75 Å². The lowest BCUT2D eigenvalue weighted by atomic mass is 10.0. The first-order valence-electron chi connectivity index (χ1n) is 9.59. The van der Waals surface area contributed by atoms with E-state index >= 15 is 0 Å². The number of amides is 1. The number of ketones is 1. The Morgan fingerprint density at radius 1 is 0.931 bits per heavy atom. The number of nitrogens with one attached hydrogen (secondary N) is 2. The molecule has 156 valence electrons. The van der Waals surface area contributed by atoms with Gasteiger partial charge in [-0.15, -0.1) is 0 Å². The molecule has 2 aromatic rings. The van der Waals surface area contributed by atoms with Crippen LogP contribution in [0.1, 0.15) is 53.7 Å². The van der Waals surface area contributed by atoms with Crippen LogP contribution < -0.4 is 10.0 Å². The second kappa shape index (κ2) is 10.3. The number of carbonyl (C=O) groups is 2. The summed E-state index contributed by atoms with van der Waals surface area (Å²) in [7, 11) is -3.46. The predicted octanol–water partition coefficient (Wildman–Crippen LogP) is 3.10. The number of aryl methyl sites for hydroxylation is 1. The Morgan fingerprint density at radius 3 is 2.17 bits per heavy atom. The van der Waals surface area contributed by atoms with Crippen LogP contribution in [-0.2, 0) is 27.1 Å². The summed E-state index contributed by atoms with van der Waals surface area (Å²) in [5.74, 6) is -0.474. The van der Waals surface area contributed by atoms with Gasteiger partial charge in [0.15, 0.2) is 5.78 Å². The van der Waals surface area contributed by atoms with E-state index in [1.165, 1.54) is 0 Å². The van der Waals surface area contributed by atoms with Crippen molar-refractivity contribution < 1.29 is 18.0 Å². The molecule has 0 unspecified atom stereocenters. The van der Waals surface area contributed by atoms with E-state index in [1.807, 2.05) is 19.1 Å². The minimum absolute atomic E-state index is 0.0774. The van der Waals surface area contributed by atoms with Gasteiger partial charge in [0.1, 0.15) is 0 Å². The van der Waals surface area contributed by atoms with Gasteiger partial charge >= 0.3 is 0 Å². The zero-order chi connectivity index (χ0) is 21.4. The first kappa shape index (κ1) is 22.8. The van der Waals surface area contributed by atoms with Crippen LogP contribution in [-0.4, -0.2) is 26.2 Å². The molecule has 1 amide bonds. The van der Waals surface area contributed by atoms with E-state index in [0.717, 1.165) is 11.1 Å². The SMILES string of the molecule is Cc1ccc(C(=O)CCC(=O)NCc2ccccc2CS(=O)(=O)NC(C)C)cc1. The quantitative estimate of drug-likeness (QED) is 0.582. The second-order valence-corrected chi connectivity index (χ2v) is 9.12. The molecule has 7 heteroatoms. The molecule has 2 aromatic carbocycles. The highest BCUT2D eigenvalue weighted by Gasteiger charge is 2.16. The summed E-state index contributed by atoms with van der Waals surface area (Å²) in [6.07, 6.45) is 0.214. The van der Waals surface area contributed by atoms with Crippen molar-refractivity contribution in [2.75, 3.05) is 0 Å². The van der Waals surface area contributed by atoms with E-state index in [-0.39, 0.29) is 42.9 Å². The van der Waals surface area contributed by atoms with Crippen LogP contribution in [0.25, 0.3) is 0 Å². The van der Waals surface area contributed by atoms with E-state index in [0.29, 0.717) is 11.1 Å². The molecule has 0 saturated heterocycles. The van der Waals surface area contributed by atoms with Gasteiger partial charge in [-0.3, -0.25) is 9.59 Å². The summed E-state index contributed by atoms with van der Waals surface area (Å²) in [4.78, 5) is 24.3. The molecule has 0 aliphatic heterocycles. The highest BCUT2D eigenvalue weighted by atomic mass is 32.2. The fourth-order valence-corrected chi connectivity index (χ4v) is 4.36. The maximum absolute atomic E-state index is 12.2. The summed E-state index contributed by atoms with van der Waals surface area (Å²) in [6, 6.07) is 14.2. The molecular formula is C22H28N2O4S. The van der Waals surface area contributed by atoms with Crippen LogP contribution in [0.15, 0.2) is 48.5 Å². The fraction of sp³-hybridized carbons (Fsp3) is 0.364. The Hall–Kier alpha value is -2.51. The second-order valence-electron chi connectivity index (χ2n) is 7.37. The van der Waals surface area contributed by atoms with Crippen molar-refractivity contribution in [3.05, 3.63) is 70.8 Å². The smallest absolute Gasteiger partial charge is 0.220 e. The molecule has 0 atom stereocenters. The van der Waals surface area contributed by atoms with Gasteiger partial charge in [-0.1, -0.05) is 54.1 Å². The topological polar surface area (TPSA) is 92.3 Å². The molecule has 2 rings (SSSR count). The van der Waals surface area contributed by atoms with Crippen molar-refractivity contribution in [3.8, 4) is 0 Å². The van der Waals surface area contributed by atoms with Crippen molar-refractivity contribution in [2.24, 2.45) is 0 Å². The number of carbonyl (C=O) groups excluding carboxylic acids is 2. The van der Waals surface area contributed by atoms with E-state index in [1.54, 1.807) is 50.2 Å². The first-order valence-corrected chi connectivity index (χ1v) is 11.2. The minimum atomic E-state index is -3.46. The van der Waals surface area contributed by atoms with Crippen molar-refractivity contribution >= 4 is 21.7 Å². The lowest BCUT2D eigenvalue weighted by Gasteiger charge is -2.13. The van der Waals surface area contributed by atoms with Gasteiger partial charge in [0.25, 0.3) is 0 Å². The molecule has 29 heavy (non-hydrogen) atoms. The summed E-state index contributed by atoms with van der Waals surface area (Å²) < 4.78 is 27.0. The van der Waals surface area contributed by atoms with Crippen molar-refractivity contribution in [3.63, 3.8) is 0 Å². The highest BCUT2D eigenvalue weighted by molar-refractivity contribution is 7.88. The van der Waals surface area contributed by atoms with Gasteiger partial charge in [0.2, 0.25) is 15.9 Å². The van der Waals surface area contributed by atoms with E-state index < -0.39 is 10.0 Å². The maximum Gasteiger partial charge on any atom is 0.220 e. The standard InChI is InChI=1S/C22H28N2O4S/c1-16(2)24-29(27,28)15-20-7-5-4-6-19(20)14-23-22(26)13-12-21(25)18-10-8-17(3)9-11-18/h4-11,16,24H,12-15H2,1-3H3,(H,23,26). The van der Waals surface area contributed by atoms with Gasteiger partial charge in [-0.25, -0.2) is 13.1 Å². The highest BCUT2D eigenvalue weighted by Crippen LogP contribution is 2.13. The first-order chi connectivity index (χ1) is 13.7. The number of hydrogen-bond donors (Lipinski definition) is 2. The predicted molar refractivity (Wildman–Crippen MR) is 114 cm³/mol. The lowest BCUT2D eigenvalue weighted by Crippen LogP contribution is -2.32. The molecule has 0 aliphatic carbocycles. The van der Waals surface area contributed by atoms with Crippen LogP contribution in [0.5, 0.6) is 0 Å². The van der Waals surface area contributed by atoms with Crippen LogP contribution >= 0.6 is 0 Å². The average molecular weight is 417 g/mol. The third-order valence-electron chi connectivity index (χ3n) is 4.31. The lowest BCUT2D eigenvalue weighted by molar-refractivity contribution is -0.121. The Balaban J connectivity index is 1.90. The zero-order valence-corrected chi connectivity index (χ0v) is 17.9. The number of benzene rings is 2. The molecule has 6 nitrogen and oxygen atoms in total. The molecule has 0 aliphatic rings. The van der Waals surface area contributed by atoms with Crippen LogP contribution in [0.4, 0.5) is 0 Å². The molecule has 0 bridgehead atoms. The van der Waals surface area contributed by atoms with Crippen LogP contribution in [0, 0.1) is 6.92 Å². The third kappa shape index (κ3) is 7.79. The minimum Gasteiger partial charge on any atom is -0.352 e. The van der Waals surface area contributed by atoms with Crippen molar-refractivity contribution in [1.29, 1.82) is 0 Å². The Morgan fingerprint density at radius 2 is 1.55 bits per heavy atom. The molecule has 0 aromatic heterocycles. The zero-order valence-electron chi connectivity index (χ0n) is 17.1. The number of sulfonamides is 1. The maximum atomic E-state index is 12.2. The fourth-order valence-electron chi connectivity index (χ4n) is 2.87. The van der Waals surface area contributed by atoms with Crippen molar-refractivity contribution in [1.82, 2.24) is 10.0 Å². The van der Waals surface area contributed by atoms with E-state index in [9.17, 15) is 18.0 Å². The Kier molecular flexibility index (Phi) is 8.10. The molecule has 0 fully saturated rings. The summed E-state index contributed by atoms with van der Waals surface area (Å²) in [6.45, 7) is 5.69. The molecule has 2 N–H and O–H groups in total. The Labute approximate surface area is 172 Å². The largest absolute Gasteiger partial charge is 0.352 e. The van der Waals surface area contributed by atoms with Gasteiger partial charge in [-0.2, -0.15) is 0 Å². The Bertz CT molecular complexity index is 951. The van der Waals surface area contributed by atoms with E-state index in [4.69, 9.17) is 0 Å². The van der Waals surface area contributed by atoms with Crippen LogP contribution in [0.3, 0.4) is 0 Å². The average Bonchev–Trinajstić information content (AvgIpc) is 2.64. The summed E-state index contributed by atoms with van der Waals surface area (Å²) >= 11 is 0. The van der Waals surface area contributed by atoms with Gasteiger partial charge in [-0.05, 0) is 31.9 Å². The van der Waals surface area contributed by atoms with Gasteiger partial charge in [0, 0.05) is 31.0 Å². The number of rotatable bonds is 10.